The lowest BCUT2D eigenvalue weighted by Crippen LogP contribution is -2.24. The van der Waals surface area contributed by atoms with Crippen LogP contribution in [-0.2, 0) is 6.54 Å². The zero-order chi connectivity index (χ0) is 32.6. The standard InChI is InChI=1S/C43H52N2O2/c1-5-9-28-44-36(32-18-16-20-34-40(46-30-11-7-3)26-24-38(44)42(32)34)22-14-13-15-23-37-33-19-17-21-35-41(47-31-12-8-4)27-25-39(43(33)35)45(37)29-10-6-2/h13-27,36H,5-12,28-31H2,1-4H3. The first-order valence-corrected chi connectivity index (χ1v) is 18.2. The average molecular weight is 629 g/mol. The molecule has 4 heteroatoms. The number of rotatable bonds is 17. The molecule has 1 aliphatic heterocycles. The molecule has 2 heterocycles. The molecule has 0 bridgehead atoms. The predicted molar refractivity (Wildman–Crippen MR) is 202 cm³/mol. The van der Waals surface area contributed by atoms with Crippen LogP contribution >= 0.6 is 0 Å². The van der Waals surface area contributed by atoms with Crippen molar-refractivity contribution >= 4 is 44.2 Å². The Morgan fingerprint density at radius 2 is 1.26 bits per heavy atom. The van der Waals surface area contributed by atoms with Crippen molar-refractivity contribution in [2.45, 2.75) is 91.6 Å². The molecule has 4 nitrogen and oxygen atoms in total. The van der Waals surface area contributed by atoms with Crippen LogP contribution in [0.1, 0.15) is 90.7 Å². The molecule has 1 unspecified atom stereocenters. The van der Waals surface area contributed by atoms with Crippen molar-refractivity contribution < 1.29 is 9.47 Å². The maximum atomic E-state index is 6.25. The molecule has 0 saturated carbocycles. The lowest BCUT2D eigenvalue weighted by atomic mass is 10.0. The number of nitrogens with zero attached hydrogens (tertiary/aromatic N) is 2. The summed E-state index contributed by atoms with van der Waals surface area (Å²) in [5.74, 6) is 2.00. The fraction of sp³-hybridized carbons (Fsp3) is 0.395. The van der Waals surface area contributed by atoms with Crippen LogP contribution in [-0.4, -0.2) is 24.3 Å². The fourth-order valence-corrected chi connectivity index (χ4v) is 7.08. The van der Waals surface area contributed by atoms with E-state index in [1.807, 2.05) is 0 Å². The van der Waals surface area contributed by atoms with Gasteiger partial charge in [-0.15, -0.1) is 0 Å². The van der Waals surface area contributed by atoms with Crippen molar-refractivity contribution in [2.75, 3.05) is 24.7 Å². The van der Waals surface area contributed by atoms with E-state index in [0.717, 1.165) is 76.3 Å². The van der Waals surface area contributed by atoms with Crippen LogP contribution < -0.4 is 19.7 Å². The van der Waals surface area contributed by atoms with Gasteiger partial charge in [-0.25, -0.2) is 0 Å². The van der Waals surface area contributed by atoms with Crippen LogP contribution in [0.4, 0.5) is 5.69 Å². The summed E-state index contributed by atoms with van der Waals surface area (Å²) in [6.45, 7) is 12.5. The molecule has 6 rings (SSSR count). The van der Waals surface area contributed by atoms with Crippen LogP contribution in [0.3, 0.4) is 0 Å². The molecule has 1 atom stereocenters. The number of aromatic nitrogens is 1. The molecule has 47 heavy (non-hydrogen) atoms. The maximum Gasteiger partial charge on any atom is 0.127 e. The third-order valence-corrected chi connectivity index (χ3v) is 9.58. The lowest BCUT2D eigenvalue weighted by molar-refractivity contribution is 0.313. The van der Waals surface area contributed by atoms with Crippen LogP contribution in [0.25, 0.3) is 38.5 Å². The first-order valence-electron chi connectivity index (χ1n) is 18.2. The molecule has 5 aromatic rings. The number of allylic oxidation sites excluding steroid dienone is 3. The van der Waals surface area contributed by atoms with Crippen molar-refractivity contribution in [3.8, 4) is 11.5 Å². The van der Waals surface area contributed by atoms with Crippen LogP contribution in [0.2, 0.25) is 0 Å². The highest BCUT2D eigenvalue weighted by molar-refractivity contribution is 6.12. The van der Waals surface area contributed by atoms with E-state index in [2.05, 4.69) is 128 Å². The van der Waals surface area contributed by atoms with Crippen LogP contribution in [0.15, 0.2) is 85.0 Å². The third kappa shape index (κ3) is 6.66. The quantitative estimate of drug-likeness (QED) is 0.0757. The Kier molecular flexibility index (Phi) is 10.9. The molecule has 0 N–H and O–H groups in total. The minimum atomic E-state index is 0.208. The van der Waals surface area contributed by atoms with E-state index in [4.69, 9.17) is 9.47 Å². The van der Waals surface area contributed by atoms with Gasteiger partial charge in [-0.1, -0.05) is 114 Å². The maximum absolute atomic E-state index is 6.25. The van der Waals surface area contributed by atoms with Crippen molar-refractivity contribution in [3.05, 3.63) is 95.9 Å². The molecule has 0 amide bonds. The monoisotopic (exact) mass is 628 g/mol. The topological polar surface area (TPSA) is 26.6 Å². The number of hydrogen-bond donors (Lipinski definition) is 0. The molecule has 1 aliphatic rings. The van der Waals surface area contributed by atoms with Crippen molar-refractivity contribution in [1.29, 1.82) is 0 Å². The lowest BCUT2D eigenvalue weighted by Gasteiger charge is -2.26. The first kappa shape index (κ1) is 32.7. The van der Waals surface area contributed by atoms with E-state index in [-0.39, 0.29) is 6.04 Å². The van der Waals surface area contributed by atoms with Gasteiger partial charge < -0.3 is 18.9 Å². The van der Waals surface area contributed by atoms with E-state index in [1.165, 1.54) is 61.9 Å². The fourth-order valence-electron chi connectivity index (χ4n) is 7.08. The zero-order valence-electron chi connectivity index (χ0n) is 28.9. The predicted octanol–water partition coefficient (Wildman–Crippen LogP) is 11.1. The number of unbranched alkanes of at least 4 members (excludes halogenated alkanes) is 4. The molecule has 0 fully saturated rings. The third-order valence-electron chi connectivity index (χ3n) is 9.58. The summed E-state index contributed by atoms with van der Waals surface area (Å²) in [4.78, 5) is 2.58. The Bertz CT molecular complexity index is 1910. The van der Waals surface area contributed by atoms with Gasteiger partial charge in [-0.3, -0.25) is 0 Å². The van der Waals surface area contributed by atoms with Gasteiger partial charge in [0.05, 0.1) is 19.3 Å². The van der Waals surface area contributed by atoms with Crippen molar-refractivity contribution in [2.24, 2.45) is 0 Å². The Labute approximate surface area is 281 Å². The zero-order valence-corrected chi connectivity index (χ0v) is 28.9. The molecule has 0 spiro atoms. The van der Waals surface area contributed by atoms with Gasteiger partial charge in [0.15, 0.2) is 0 Å². The minimum Gasteiger partial charge on any atom is -0.493 e. The van der Waals surface area contributed by atoms with Gasteiger partial charge in [-0.05, 0) is 61.6 Å². The smallest absolute Gasteiger partial charge is 0.127 e. The Hall–Kier alpha value is -4.18. The summed E-state index contributed by atoms with van der Waals surface area (Å²) >= 11 is 0. The van der Waals surface area contributed by atoms with Crippen molar-refractivity contribution in [1.82, 2.24) is 4.57 Å². The Balaban J connectivity index is 1.33. The highest BCUT2D eigenvalue weighted by atomic mass is 16.5. The summed E-state index contributed by atoms with van der Waals surface area (Å²) in [6, 6.07) is 22.5. The summed E-state index contributed by atoms with van der Waals surface area (Å²) in [7, 11) is 0. The van der Waals surface area contributed by atoms with E-state index in [0.29, 0.717) is 0 Å². The van der Waals surface area contributed by atoms with Crippen LogP contribution in [0, 0.1) is 0 Å². The van der Waals surface area contributed by atoms with Gasteiger partial charge in [0, 0.05) is 56.6 Å². The second-order valence-electron chi connectivity index (χ2n) is 12.9. The second kappa shape index (κ2) is 15.6. The van der Waals surface area contributed by atoms with E-state index in [1.54, 1.807) is 0 Å². The number of hydrogen-bond acceptors (Lipinski definition) is 3. The number of ether oxygens (including phenoxy) is 2. The first-order chi connectivity index (χ1) is 23.2. The summed E-state index contributed by atoms with van der Waals surface area (Å²) in [5.41, 5.74) is 4.00. The van der Waals surface area contributed by atoms with Crippen LogP contribution in [0.5, 0.6) is 11.5 Å². The highest BCUT2D eigenvalue weighted by Crippen LogP contribution is 2.47. The molecule has 4 aromatic carbocycles. The summed E-state index contributed by atoms with van der Waals surface area (Å²) < 4.78 is 15.0. The molecular formula is C43H52N2O2. The molecule has 0 radical (unpaired) electrons. The number of aryl methyl sites for hydroxylation is 1. The van der Waals surface area contributed by atoms with Gasteiger partial charge in [-0.2, -0.15) is 0 Å². The molecule has 0 saturated heterocycles. The summed E-state index contributed by atoms with van der Waals surface area (Å²) in [5, 5.41) is 7.67. The van der Waals surface area contributed by atoms with Crippen molar-refractivity contribution in [3.63, 3.8) is 0 Å². The Morgan fingerprint density at radius 1 is 0.617 bits per heavy atom. The normalized spacial score (nSPS) is 15.1. The summed E-state index contributed by atoms with van der Waals surface area (Å²) in [6.07, 6.45) is 20.4. The molecule has 0 aliphatic carbocycles. The minimum absolute atomic E-state index is 0.208. The van der Waals surface area contributed by atoms with Gasteiger partial charge >= 0.3 is 0 Å². The van der Waals surface area contributed by atoms with Gasteiger partial charge in [0.25, 0.3) is 0 Å². The Morgan fingerprint density at radius 3 is 1.98 bits per heavy atom. The van der Waals surface area contributed by atoms with E-state index in [9.17, 15) is 0 Å². The number of anilines is 1. The van der Waals surface area contributed by atoms with E-state index >= 15 is 0 Å². The highest BCUT2D eigenvalue weighted by Gasteiger charge is 2.30. The van der Waals surface area contributed by atoms with Gasteiger partial charge in [0.2, 0.25) is 0 Å². The largest absolute Gasteiger partial charge is 0.493 e. The molecular weight excluding hydrogens is 576 g/mol. The SMILES string of the molecule is CCCCOc1ccc2c3c(cccc13)C(C=CC=CC=c1c3cccc4c(OCCCC)ccc(c43)n1CCCC)N2CCCC. The average Bonchev–Trinajstić information content (AvgIpc) is 3.57. The number of benzene rings is 4. The molecule has 1 aromatic heterocycles. The molecule has 246 valence electrons. The second-order valence-corrected chi connectivity index (χ2v) is 12.9. The van der Waals surface area contributed by atoms with Gasteiger partial charge in [0.1, 0.15) is 11.5 Å². The van der Waals surface area contributed by atoms with E-state index < -0.39 is 0 Å².